The summed E-state index contributed by atoms with van der Waals surface area (Å²) in [6, 6.07) is 83.4. The molecule has 0 saturated carbocycles. The quantitative estimate of drug-likeness (QED) is 0.150. The molecular weight excluding hydrogens is 869 g/mol. The van der Waals surface area contributed by atoms with Crippen molar-refractivity contribution in [2.24, 2.45) is 0 Å². The molecule has 0 bridgehead atoms. The fourth-order valence-corrected chi connectivity index (χ4v) is 12.4. The Labute approximate surface area is 429 Å². The average Bonchev–Trinajstić information content (AvgIpc) is 3.94. The van der Waals surface area contributed by atoms with Crippen LogP contribution in [0.15, 0.2) is 267 Å². The van der Waals surface area contributed by atoms with Gasteiger partial charge in [-0.15, -0.1) is 0 Å². The third kappa shape index (κ3) is 6.22. The molecule has 0 fully saturated rings. The maximum Gasteiger partial charge on any atom is 0.0727 e. The molecule has 72 heavy (non-hydrogen) atoms. The van der Waals surface area contributed by atoms with Crippen LogP contribution in [0.1, 0.15) is 54.1 Å². The van der Waals surface area contributed by atoms with Gasteiger partial charge >= 0.3 is 0 Å². The molecule has 340 valence electrons. The molecule has 0 aliphatic heterocycles. The fourth-order valence-electron chi connectivity index (χ4n) is 12.4. The minimum Gasteiger partial charge on any atom is -0.310 e. The zero-order chi connectivity index (χ0) is 52.3. The summed E-state index contributed by atoms with van der Waals surface area (Å²) in [4.78, 5) is 4.74. The molecular formula is C70H50N2. The first-order chi connectivity index (χ1) is 37.5. The van der Waals surface area contributed by atoms with E-state index in [2.05, 4.69) is 230 Å². The number of benzene rings is 11. The fraction of sp³-hybridized carbons (Fsp3) is 0.0571. The number of hydrogen-bond acceptors (Lipinski definition) is 2. The Hall–Kier alpha value is -8.98. The van der Waals surface area contributed by atoms with Crippen LogP contribution in [0.4, 0.5) is 34.1 Å². The Morgan fingerprint density at radius 1 is 0.278 bits per heavy atom. The number of anilines is 6. The van der Waals surface area contributed by atoms with Crippen LogP contribution in [0.2, 0.25) is 0 Å². The van der Waals surface area contributed by atoms with Gasteiger partial charge in [0.15, 0.2) is 0 Å². The Kier molecular flexibility index (Phi) is 8.36. The standard InChI is InChI=1S/C70H50N2/c1-69(2)63-31-17-14-28-57(63)60-41-38-52(44-66(60)69)72(50-24-10-5-11-25-50)54-40-43-62-59-30-16-19-33-65(59)70(68(62)46-54)64-32-18-15-29-58(64)61-42-39-53(45-67(61)70)71(49-22-8-4-9-23-49)51-36-34-48(35-37-51)56-27-13-12-26-55(56)47-20-6-3-7-21-47/h3-46H,1-2H3/i3D,6D,7D,20D,21D. The highest BCUT2D eigenvalue weighted by molar-refractivity contribution is 5.98. The molecule has 0 radical (unpaired) electrons. The molecule has 14 rings (SSSR count). The van der Waals surface area contributed by atoms with E-state index in [4.69, 9.17) is 6.85 Å². The largest absolute Gasteiger partial charge is 0.310 e. The number of fused-ring (bicyclic) bond motifs is 13. The van der Waals surface area contributed by atoms with E-state index in [1.807, 2.05) is 30.3 Å². The van der Waals surface area contributed by atoms with E-state index in [1.165, 1.54) is 66.8 Å². The van der Waals surface area contributed by atoms with Gasteiger partial charge in [-0.05, 0) is 162 Å². The predicted octanol–water partition coefficient (Wildman–Crippen LogP) is 18.6. The number of nitrogens with zero attached hydrogens (tertiary/aromatic N) is 2. The van der Waals surface area contributed by atoms with Crippen LogP contribution in [0, 0.1) is 0 Å². The lowest BCUT2D eigenvalue weighted by molar-refractivity contribution is 0.660. The highest BCUT2D eigenvalue weighted by Crippen LogP contribution is 2.64. The summed E-state index contributed by atoms with van der Waals surface area (Å²) < 4.78 is 42.7. The van der Waals surface area contributed by atoms with Gasteiger partial charge in [0.25, 0.3) is 0 Å². The van der Waals surface area contributed by atoms with Crippen LogP contribution in [0.5, 0.6) is 0 Å². The van der Waals surface area contributed by atoms with E-state index >= 15 is 0 Å². The number of hydrogen-bond donors (Lipinski definition) is 0. The van der Waals surface area contributed by atoms with Crippen LogP contribution in [0.3, 0.4) is 0 Å². The van der Waals surface area contributed by atoms with Crippen LogP contribution in [0.25, 0.3) is 55.6 Å². The molecule has 2 heteroatoms. The molecule has 1 atom stereocenters. The lowest BCUT2D eigenvalue weighted by atomic mass is 9.70. The highest BCUT2D eigenvalue weighted by Gasteiger charge is 2.52. The number of para-hydroxylation sites is 2. The second-order valence-corrected chi connectivity index (χ2v) is 19.6. The van der Waals surface area contributed by atoms with Crippen molar-refractivity contribution < 1.29 is 6.85 Å². The zero-order valence-electron chi connectivity index (χ0n) is 44.9. The average molecular weight is 924 g/mol. The van der Waals surface area contributed by atoms with E-state index in [9.17, 15) is 0 Å². The molecule has 0 heterocycles. The summed E-state index contributed by atoms with van der Waals surface area (Å²) in [7, 11) is 0. The van der Waals surface area contributed by atoms with Crippen molar-refractivity contribution in [1.82, 2.24) is 0 Å². The van der Waals surface area contributed by atoms with Gasteiger partial charge in [0.2, 0.25) is 0 Å². The minimum atomic E-state index is -0.660. The van der Waals surface area contributed by atoms with Crippen LogP contribution < -0.4 is 9.80 Å². The van der Waals surface area contributed by atoms with E-state index in [1.54, 1.807) is 0 Å². The highest BCUT2D eigenvalue weighted by atomic mass is 15.1. The van der Waals surface area contributed by atoms with Crippen molar-refractivity contribution in [3.63, 3.8) is 0 Å². The maximum absolute atomic E-state index is 8.82. The lowest BCUT2D eigenvalue weighted by Gasteiger charge is -2.33. The summed E-state index contributed by atoms with van der Waals surface area (Å²) in [5.74, 6) is 0. The van der Waals surface area contributed by atoms with Gasteiger partial charge in [-0.1, -0.05) is 208 Å². The first kappa shape index (κ1) is 36.9. The summed E-state index contributed by atoms with van der Waals surface area (Å²) in [6.45, 7) is 4.69. The SMILES string of the molecule is [2H]c1c([2H])c([2H])c(-c2ccccc2-c2ccc(N(c3ccccc3)c3ccc4c(c3)C3(c5ccccc5-4)c4ccccc4-c4ccc(N(c5ccccc5)c5ccc6c(c5)C(C)(C)c5ccccc5-6)cc43)cc2)c([2H])c1[2H]. The molecule has 11 aromatic carbocycles. The van der Waals surface area contributed by atoms with Crippen molar-refractivity contribution in [3.8, 4) is 55.6 Å². The van der Waals surface area contributed by atoms with Gasteiger partial charge in [-0.25, -0.2) is 0 Å². The maximum atomic E-state index is 8.82. The molecule has 3 aliphatic carbocycles. The van der Waals surface area contributed by atoms with Crippen LogP contribution in [-0.4, -0.2) is 0 Å². The second kappa shape index (κ2) is 16.3. The Morgan fingerprint density at radius 3 is 1.14 bits per heavy atom. The third-order valence-corrected chi connectivity index (χ3v) is 15.6. The zero-order valence-corrected chi connectivity index (χ0v) is 39.9. The molecule has 0 aromatic heterocycles. The first-order valence-corrected chi connectivity index (χ1v) is 24.8. The third-order valence-electron chi connectivity index (χ3n) is 15.6. The van der Waals surface area contributed by atoms with E-state index in [0.717, 1.165) is 45.3 Å². The predicted molar refractivity (Wildman–Crippen MR) is 301 cm³/mol. The monoisotopic (exact) mass is 923 g/mol. The van der Waals surface area contributed by atoms with E-state index < -0.39 is 11.5 Å². The first-order valence-electron chi connectivity index (χ1n) is 27.3. The summed E-state index contributed by atoms with van der Waals surface area (Å²) in [5, 5.41) is 0. The van der Waals surface area contributed by atoms with Gasteiger partial charge in [-0.2, -0.15) is 0 Å². The Bertz CT molecular complexity index is 4170. The molecule has 0 N–H and O–H groups in total. The van der Waals surface area contributed by atoms with Crippen molar-refractivity contribution in [3.05, 3.63) is 300 Å². The normalized spacial score (nSPS) is 15.9. The summed E-state index contributed by atoms with van der Waals surface area (Å²) in [6.07, 6.45) is 0. The Balaban J connectivity index is 0.938. The molecule has 2 nitrogen and oxygen atoms in total. The molecule has 0 amide bonds. The van der Waals surface area contributed by atoms with E-state index in [0.29, 0.717) is 5.56 Å². The van der Waals surface area contributed by atoms with Gasteiger partial charge in [0.1, 0.15) is 0 Å². The minimum absolute atomic E-state index is 0.165. The van der Waals surface area contributed by atoms with Gasteiger partial charge in [0, 0.05) is 39.5 Å². The van der Waals surface area contributed by atoms with E-state index in [-0.39, 0.29) is 35.1 Å². The van der Waals surface area contributed by atoms with Gasteiger partial charge < -0.3 is 9.80 Å². The topological polar surface area (TPSA) is 6.48 Å². The molecule has 11 aromatic rings. The summed E-state index contributed by atoms with van der Waals surface area (Å²) in [5.41, 5.74) is 22.9. The van der Waals surface area contributed by atoms with Gasteiger partial charge in [0.05, 0.1) is 12.3 Å². The van der Waals surface area contributed by atoms with Gasteiger partial charge in [-0.3, -0.25) is 0 Å². The van der Waals surface area contributed by atoms with Crippen molar-refractivity contribution in [2.75, 3.05) is 9.80 Å². The second-order valence-electron chi connectivity index (χ2n) is 19.6. The lowest BCUT2D eigenvalue weighted by Crippen LogP contribution is -2.26. The van der Waals surface area contributed by atoms with Crippen LogP contribution in [-0.2, 0) is 10.8 Å². The molecule has 1 unspecified atom stereocenters. The summed E-state index contributed by atoms with van der Waals surface area (Å²) >= 11 is 0. The van der Waals surface area contributed by atoms with Crippen molar-refractivity contribution in [1.29, 1.82) is 0 Å². The van der Waals surface area contributed by atoms with Crippen molar-refractivity contribution in [2.45, 2.75) is 24.7 Å². The van der Waals surface area contributed by atoms with Crippen molar-refractivity contribution >= 4 is 34.1 Å². The molecule has 1 spiro atoms. The Morgan fingerprint density at radius 2 is 0.625 bits per heavy atom. The van der Waals surface area contributed by atoms with Crippen LogP contribution >= 0.6 is 0 Å². The molecule has 3 aliphatic rings. The smallest absolute Gasteiger partial charge is 0.0727 e. The number of rotatable bonds is 8. The molecule has 0 saturated heterocycles.